The maximum absolute atomic E-state index is 9.82. The van der Waals surface area contributed by atoms with Crippen molar-refractivity contribution >= 4 is 73.7 Å². The van der Waals surface area contributed by atoms with E-state index in [1.807, 2.05) is 0 Å². The number of benzene rings is 1. The highest BCUT2D eigenvalue weighted by molar-refractivity contribution is 14.1. The molecule has 0 radical (unpaired) electrons. The lowest BCUT2D eigenvalue weighted by Crippen LogP contribution is -2.10. The van der Waals surface area contributed by atoms with E-state index >= 15 is 0 Å². The van der Waals surface area contributed by atoms with Gasteiger partial charge in [0.15, 0.2) is 0 Å². The Kier molecular flexibility index (Phi) is 8.15. The van der Waals surface area contributed by atoms with Crippen LogP contribution in [0, 0.1) is 10.7 Å². The molecule has 0 unspecified atom stereocenters. The molecular formula is C10H10I3NO. The molecule has 0 bridgehead atoms. The number of hydrogen-bond donors (Lipinski definition) is 1. The van der Waals surface area contributed by atoms with Gasteiger partial charge in [0.2, 0.25) is 5.91 Å². The van der Waals surface area contributed by atoms with Crippen molar-refractivity contribution in [3.63, 3.8) is 0 Å². The van der Waals surface area contributed by atoms with Gasteiger partial charge in [-0.15, -0.1) is 0 Å². The number of amides is 1. The van der Waals surface area contributed by atoms with E-state index in [4.69, 9.17) is 5.73 Å². The van der Waals surface area contributed by atoms with Crippen LogP contribution in [0.25, 0.3) is 0 Å². The van der Waals surface area contributed by atoms with Crippen LogP contribution in [0.1, 0.15) is 6.92 Å². The van der Waals surface area contributed by atoms with Crippen molar-refractivity contribution in [3.8, 4) is 0 Å². The van der Waals surface area contributed by atoms with Crippen LogP contribution in [-0.4, -0.2) is 5.91 Å². The normalized spacial score (nSPS) is 8.80. The average Bonchev–Trinajstić information content (AvgIpc) is 2.01. The first kappa shape index (κ1) is 15.6. The SMILES string of the molecule is C=C(C)C(N)=O.Ic1cc(I)cc(I)c1. The van der Waals surface area contributed by atoms with Gasteiger partial charge in [-0.25, -0.2) is 0 Å². The molecule has 5 heteroatoms. The molecule has 1 amide bonds. The zero-order chi connectivity index (χ0) is 12.0. The number of hydrogen-bond acceptors (Lipinski definition) is 1. The number of primary amides is 1. The van der Waals surface area contributed by atoms with Crippen molar-refractivity contribution < 1.29 is 4.79 Å². The Bertz CT molecular complexity index is 314. The molecule has 1 rings (SSSR count). The quantitative estimate of drug-likeness (QED) is 0.430. The smallest absolute Gasteiger partial charge is 0.243 e. The first-order valence-corrected chi connectivity index (χ1v) is 7.13. The molecule has 82 valence electrons. The lowest BCUT2D eigenvalue weighted by Gasteiger charge is -1.92. The van der Waals surface area contributed by atoms with E-state index in [0.717, 1.165) is 0 Å². The van der Waals surface area contributed by atoms with Crippen LogP contribution in [0.15, 0.2) is 30.4 Å². The van der Waals surface area contributed by atoms with Gasteiger partial charge in [0.25, 0.3) is 0 Å². The molecule has 0 heterocycles. The van der Waals surface area contributed by atoms with Crippen LogP contribution < -0.4 is 5.73 Å². The Balaban J connectivity index is 0.000000288. The summed E-state index contributed by atoms with van der Waals surface area (Å²) in [5.41, 5.74) is 5.09. The number of rotatable bonds is 1. The van der Waals surface area contributed by atoms with Gasteiger partial charge < -0.3 is 5.73 Å². The third kappa shape index (κ3) is 8.43. The van der Waals surface area contributed by atoms with Gasteiger partial charge in [-0.05, 0) is 92.9 Å². The number of halogens is 3. The standard InChI is InChI=1S/C6H3I3.C4H7NO/c7-4-1-5(8)3-6(9)2-4;1-3(2)4(5)6/h1-3H;1H2,2H3,(H2,5,6). The van der Waals surface area contributed by atoms with Gasteiger partial charge in [0.05, 0.1) is 0 Å². The molecule has 0 saturated carbocycles. The van der Waals surface area contributed by atoms with E-state index in [2.05, 4.69) is 92.6 Å². The monoisotopic (exact) mass is 541 g/mol. The van der Waals surface area contributed by atoms with E-state index in [0.29, 0.717) is 5.57 Å². The van der Waals surface area contributed by atoms with Gasteiger partial charge in [-0.3, -0.25) is 4.79 Å². The summed E-state index contributed by atoms with van der Waals surface area (Å²) < 4.78 is 3.93. The molecule has 2 nitrogen and oxygen atoms in total. The van der Waals surface area contributed by atoms with Crippen molar-refractivity contribution in [2.24, 2.45) is 5.73 Å². The molecule has 0 fully saturated rings. The molecule has 0 aliphatic heterocycles. The second-order valence-electron chi connectivity index (χ2n) is 2.73. The molecule has 1 aromatic rings. The number of carbonyl (C=O) groups is 1. The van der Waals surface area contributed by atoms with Crippen molar-refractivity contribution in [2.45, 2.75) is 6.92 Å². The topological polar surface area (TPSA) is 43.1 Å². The maximum Gasteiger partial charge on any atom is 0.243 e. The summed E-state index contributed by atoms with van der Waals surface area (Å²) in [5, 5.41) is 0. The largest absolute Gasteiger partial charge is 0.366 e. The Labute approximate surface area is 130 Å². The van der Waals surface area contributed by atoms with Crippen molar-refractivity contribution in [1.29, 1.82) is 0 Å². The minimum Gasteiger partial charge on any atom is -0.366 e. The fourth-order valence-corrected chi connectivity index (χ4v) is 4.32. The highest BCUT2D eigenvalue weighted by Gasteiger charge is 1.91. The van der Waals surface area contributed by atoms with Crippen molar-refractivity contribution in [2.75, 3.05) is 0 Å². The van der Waals surface area contributed by atoms with Crippen LogP contribution in [-0.2, 0) is 4.79 Å². The van der Waals surface area contributed by atoms with E-state index in [9.17, 15) is 4.79 Å². The highest BCUT2D eigenvalue weighted by atomic mass is 127. The zero-order valence-electron chi connectivity index (χ0n) is 8.06. The summed E-state index contributed by atoms with van der Waals surface area (Å²) in [5.74, 6) is -0.435. The summed E-state index contributed by atoms with van der Waals surface area (Å²) >= 11 is 6.96. The molecule has 2 N–H and O–H groups in total. The zero-order valence-corrected chi connectivity index (χ0v) is 14.5. The Morgan fingerprint density at radius 3 is 1.47 bits per heavy atom. The van der Waals surface area contributed by atoms with Gasteiger partial charge in [0, 0.05) is 16.3 Å². The maximum atomic E-state index is 9.82. The molecule has 0 saturated heterocycles. The highest BCUT2D eigenvalue weighted by Crippen LogP contribution is 2.15. The summed E-state index contributed by atoms with van der Waals surface area (Å²) in [7, 11) is 0. The second kappa shape index (κ2) is 7.82. The molecule has 0 aromatic heterocycles. The van der Waals surface area contributed by atoms with Crippen LogP contribution in [0.5, 0.6) is 0 Å². The minimum atomic E-state index is -0.435. The fourth-order valence-electron chi connectivity index (χ4n) is 0.520. The van der Waals surface area contributed by atoms with Gasteiger partial charge in [-0.1, -0.05) is 6.58 Å². The molecule has 15 heavy (non-hydrogen) atoms. The molecular weight excluding hydrogens is 531 g/mol. The number of carbonyl (C=O) groups excluding carboxylic acids is 1. The Hall–Kier alpha value is 0.620. The second-order valence-corrected chi connectivity index (χ2v) is 6.47. The third-order valence-corrected chi connectivity index (χ3v) is 3.12. The van der Waals surface area contributed by atoms with E-state index in [1.54, 1.807) is 6.92 Å². The van der Waals surface area contributed by atoms with Gasteiger partial charge in [-0.2, -0.15) is 0 Å². The van der Waals surface area contributed by atoms with Crippen molar-refractivity contribution in [1.82, 2.24) is 0 Å². The first-order chi connectivity index (χ1) is 6.82. The van der Waals surface area contributed by atoms with Gasteiger partial charge in [0.1, 0.15) is 0 Å². The summed E-state index contributed by atoms with van der Waals surface area (Å²) in [6.45, 7) is 4.85. The lowest BCUT2D eigenvalue weighted by molar-refractivity contribution is -0.114. The first-order valence-electron chi connectivity index (χ1n) is 3.90. The molecule has 0 aliphatic carbocycles. The van der Waals surface area contributed by atoms with Crippen LogP contribution in [0.2, 0.25) is 0 Å². The van der Waals surface area contributed by atoms with Crippen LogP contribution in [0.3, 0.4) is 0 Å². The van der Waals surface area contributed by atoms with Gasteiger partial charge >= 0.3 is 0 Å². The fraction of sp³-hybridized carbons (Fsp3) is 0.100. The predicted molar refractivity (Wildman–Crippen MR) is 88.6 cm³/mol. The van der Waals surface area contributed by atoms with E-state index in [-0.39, 0.29) is 0 Å². The minimum absolute atomic E-state index is 0.398. The predicted octanol–water partition coefficient (Wildman–Crippen LogP) is 3.55. The van der Waals surface area contributed by atoms with Crippen LogP contribution >= 0.6 is 67.8 Å². The molecule has 1 aromatic carbocycles. The lowest BCUT2D eigenvalue weighted by atomic mass is 10.3. The Morgan fingerprint density at radius 1 is 1.13 bits per heavy atom. The molecule has 0 atom stereocenters. The van der Waals surface area contributed by atoms with E-state index in [1.165, 1.54) is 10.7 Å². The number of nitrogens with two attached hydrogens (primary N) is 1. The van der Waals surface area contributed by atoms with Crippen molar-refractivity contribution in [3.05, 3.63) is 41.1 Å². The summed E-state index contributed by atoms with van der Waals surface area (Å²) in [6, 6.07) is 6.47. The molecule has 0 aliphatic rings. The van der Waals surface area contributed by atoms with E-state index < -0.39 is 5.91 Å². The Morgan fingerprint density at radius 2 is 1.33 bits per heavy atom. The average molecular weight is 541 g/mol. The third-order valence-electron chi connectivity index (χ3n) is 1.25. The summed E-state index contributed by atoms with van der Waals surface area (Å²) in [4.78, 5) is 9.82. The van der Waals surface area contributed by atoms with Crippen LogP contribution in [0.4, 0.5) is 0 Å². The molecule has 0 spiro atoms. The summed E-state index contributed by atoms with van der Waals surface area (Å²) in [6.07, 6.45) is 0.